The highest BCUT2D eigenvalue weighted by molar-refractivity contribution is 5.88. The van der Waals surface area contributed by atoms with Crippen LogP contribution in [-0.4, -0.2) is 44.6 Å². The second kappa shape index (κ2) is 9.93. The third-order valence-corrected chi connectivity index (χ3v) is 7.74. The van der Waals surface area contributed by atoms with E-state index in [1.807, 2.05) is 39.8 Å². The van der Waals surface area contributed by atoms with Gasteiger partial charge in [0.05, 0.1) is 22.5 Å². The maximum Gasteiger partial charge on any atom is 0.395 e. The van der Waals surface area contributed by atoms with Gasteiger partial charge in [0.25, 0.3) is 0 Å². The van der Waals surface area contributed by atoms with Crippen LogP contribution >= 0.6 is 0 Å². The first kappa shape index (κ1) is 28.0. The number of allylic oxidation sites excluding steroid dienone is 2. The number of fused-ring (bicyclic) bond motifs is 2. The minimum absolute atomic E-state index is 0.0333. The van der Waals surface area contributed by atoms with Crippen LogP contribution in [0.2, 0.25) is 0 Å². The first-order valence-corrected chi connectivity index (χ1v) is 13.2. The maximum absolute atomic E-state index is 13.8. The number of amides is 1. The molecule has 1 unspecified atom stereocenters. The molecule has 0 radical (unpaired) electrons. The topological polar surface area (TPSA) is 92.7 Å². The Labute approximate surface area is 221 Å². The molecule has 1 amide bonds. The van der Waals surface area contributed by atoms with Crippen LogP contribution < -0.4 is 10.6 Å². The Morgan fingerprint density at radius 2 is 1.68 bits per heavy atom. The van der Waals surface area contributed by atoms with Gasteiger partial charge in [0.2, 0.25) is 11.9 Å². The van der Waals surface area contributed by atoms with Gasteiger partial charge >= 0.3 is 6.18 Å². The van der Waals surface area contributed by atoms with Gasteiger partial charge in [-0.05, 0) is 65.4 Å². The van der Waals surface area contributed by atoms with Crippen LogP contribution in [0.15, 0.2) is 23.8 Å². The van der Waals surface area contributed by atoms with Crippen molar-refractivity contribution in [3.05, 3.63) is 40.9 Å². The fraction of sp³-hybridized carbons (Fsp3) is 0.607. The highest BCUT2D eigenvalue weighted by Gasteiger charge is 2.94. The summed E-state index contributed by atoms with van der Waals surface area (Å²) in [5.41, 5.74) is 0.595. The summed E-state index contributed by atoms with van der Waals surface area (Å²) in [7, 11) is 0. The van der Waals surface area contributed by atoms with Crippen molar-refractivity contribution in [3.63, 3.8) is 0 Å². The van der Waals surface area contributed by atoms with Gasteiger partial charge in [-0.2, -0.15) is 18.2 Å². The SMILES string of the molecule is C/C=C(\C=C/C(=O)NC(C)C)C(CNc1nc(C23CC2(C(F)(F)F)C3)c2nc(C)c(C)nc2n1)CC(C)C. The Kier molecular flexibility index (Phi) is 7.31. The van der Waals surface area contributed by atoms with E-state index in [1.165, 1.54) is 6.08 Å². The number of halogens is 3. The molecule has 10 heteroatoms. The Hall–Kier alpha value is -3.04. The number of aryl methyl sites for hydroxylation is 2. The molecule has 0 saturated heterocycles. The van der Waals surface area contributed by atoms with E-state index < -0.39 is 17.0 Å². The lowest BCUT2D eigenvalue weighted by molar-refractivity contribution is -0.167. The van der Waals surface area contributed by atoms with E-state index in [0.717, 1.165) is 12.0 Å². The zero-order chi connectivity index (χ0) is 28.0. The van der Waals surface area contributed by atoms with Gasteiger partial charge in [-0.15, -0.1) is 0 Å². The molecule has 2 heterocycles. The Morgan fingerprint density at radius 1 is 1.03 bits per heavy atom. The summed E-state index contributed by atoms with van der Waals surface area (Å²) in [5.74, 6) is 0.498. The molecule has 0 bridgehead atoms. The normalized spacial score (nSPS) is 23.7. The molecule has 1 atom stereocenters. The van der Waals surface area contributed by atoms with E-state index in [-0.39, 0.29) is 36.7 Å². The second-order valence-corrected chi connectivity index (χ2v) is 11.5. The Balaban J connectivity index is 1.63. The summed E-state index contributed by atoms with van der Waals surface area (Å²) < 4.78 is 41.4. The van der Waals surface area contributed by atoms with Gasteiger partial charge in [0.15, 0.2) is 5.65 Å². The number of carbonyl (C=O) groups excluding carboxylic acids is 1. The Bertz CT molecular complexity index is 1290. The highest BCUT2D eigenvalue weighted by atomic mass is 19.4. The fourth-order valence-electron chi connectivity index (χ4n) is 5.37. The smallest absolute Gasteiger partial charge is 0.354 e. The van der Waals surface area contributed by atoms with Crippen molar-refractivity contribution in [2.45, 2.75) is 85.4 Å². The van der Waals surface area contributed by atoms with Gasteiger partial charge < -0.3 is 10.6 Å². The number of aromatic nitrogens is 4. The molecule has 2 aromatic heterocycles. The van der Waals surface area contributed by atoms with Crippen molar-refractivity contribution in [2.24, 2.45) is 17.3 Å². The van der Waals surface area contributed by atoms with E-state index >= 15 is 0 Å². The van der Waals surface area contributed by atoms with Gasteiger partial charge in [-0.1, -0.05) is 26.0 Å². The van der Waals surface area contributed by atoms with Crippen LogP contribution in [0.3, 0.4) is 0 Å². The van der Waals surface area contributed by atoms with Crippen LogP contribution in [-0.2, 0) is 10.2 Å². The van der Waals surface area contributed by atoms with Crippen molar-refractivity contribution < 1.29 is 18.0 Å². The number of alkyl halides is 3. The molecule has 2 saturated carbocycles. The minimum Gasteiger partial charge on any atom is -0.354 e. The third kappa shape index (κ3) is 5.14. The van der Waals surface area contributed by atoms with Crippen molar-refractivity contribution >= 4 is 23.0 Å². The first-order valence-electron chi connectivity index (χ1n) is 13.2. The summed E-state index contributed by atoms with van der Waals surface area (Å²) in [6.07, 6.45) is 1.96. The molecule has 7 nitrogen and oxygen atoms in total. The molecule has 0 spiro atoms. The summed E-state index contributed by atoms with van der Waals surface area (Å²) in [6.45, 7) is 14.0. The largest absolute Gasteiger partial charge is 0.395 e. The molecule has 2 aromatic rings. The predicted molar refractivity (Wildman–Crippen MR) is 142 cm³/mol. The van der Waals surface area contributed by atoms with E-state index in [2.05, 4.69) is 44.4 Å². The number of nitrogens with one attached hydrogen (secondary N) is 2. The zero-order valence-corrected chi connectivity index (χ0v) is 23.1. The molecule has 2 aliphatic carbocycles. The molecular weight excluding hydrogens is 493 g/mol. The number of nitrogens with zero attached hydrogens (tertiary/aromatic N) is 4. The average molecular weight is 531 g/mol. The van der Waals surface area contributed by atoms with Crippen molar-refractivity contribution in [2.75, 3.05) is 11.9 Å². The van der Waals surface area contributed by atoms with Gasteiger partial charge in [0, 0.05) is 30.0 Å². The summed E-state index contributed by atoms with van der Waals surface area (Å²) in [5, 5.41) is 6.12. The third-order valence-electron chi connectivity index (χ3n) is 7.74. The summed E-state index contributed by atoms with van der Waals surface area (Å²) in [4.78, 5) is 30.4. The first-order chi connectivity index (χ1) is 17.7. The van der Waals surface area contributed by atoms with Crippen LogP contribution in [0.1, 0.15) is 71.0 Å². The van der Waals surface area contributed by atoms with E-state index in [0.29, 0.717) is 40.7 Å². The molecule has 38 heavy (non-hydrogen) atoms. The van der Waals surface area contributed by atoms with Gasteiger partial charge in [-0.3, -0.25) is 4.79 Å². The molecule has 0 aliphatic heterocycles. The maximum atomic E-state index is 13.8. The standard InChI is InChI=1S/C28H37F3N6O/c1-8-19(9-10-21(38)33-16(4)5)20(11-15(2)3)12-32-25-36-23(26-13-27(26,14-26)28(29,30)31)22-24(37-25)35-18(7)17(6)34-22/h8-10,15-16,20H,11-14H2,1-7H3,(H,33,38)(H,32,35,36,37)/b10-9-,19-8+. The Morgan fingerprint density at radius 3 is 2.24 bits per heavy atom. The van der Waals surface area contributed by atoms with E-state index in [4.69, 9.17) is 0 Å². The lowest BCUT2D eigenvalue weighted by Gasteiger charge is -2.21. The van der Waals surface area contributed by atoms with Gasteiger partial charge in [0.1, 0.15) is 5.52 Å². The zero-order valence-electron chi connectivity index (χ0n) is 23.1. The number of anilines is 1. The van der Waals surface area contributed by atoms with E-state index in [1.54, 1.807) is 6.92 Å². The van der Waals surface area contributed by atoms with Gasteiger partial charge in [-0.25, -0.2) is 15.0 Å². The van der Waals surface area contributed by atoms with Crippen LogP contribution in [0.4, 0.5) is 19.1 Å². The van der Waals surface area contributed by atoms with E-state index in [9.17, 15) is 18.0 Å². The second-order valence-electron chi connectivity index (χ2n) is 11.5. The minimum atomic E-state index is -4.28. The fourth-order valence-corrected chi connectivity index (χ4v) is 5.37. The lowest BCUT2D eigenvalue weighted by Crippen LogP contribution is -2.28. The molecule has 2 fully saturated rings. The summed E-state index contributed by atoms with van der Waals surface area (Å²) >= 11 is 0. The van der Waals surface area contributed by atoms with Crippen LogP contribution in [0, 0.1) is 31.1 Å². The van der Waals surface area contributed by atoms with Crippen molar-refractivity contribution in [3.8, 4) is 0 Å². The molecule has 0 aromatic carbocycles. The number of hydrogen-bond acceptors (Lipinski definition) is 6. The molecular formula is C28H37F3N6O. The van der Waals surface area contributed by atoms with Crippen LogP contribution in [0.5, 0.6) is 0 Å². The molecule has 2 aliphatic rings. The number of hydrogen-bond donors (Lipinski definition) is 2. The van der Waals surface area contributed by atoms with Crippen molar-refractivity contribution in [1.82, 2.24) is 25.3 Å². The number of carbonyl (C=O) groups is 1. The average Bonchev–Trinajstić information content (AvgIpc) is 3.65. The quantitative estimate of drug-likeness (QED) is 0.301. The molecule has 2 N–H and O–H groups in total. The predicted octanol–water partition coefficient (Wildman–Crippen LogP) is 5.73. The molecule has 4 rings (SSSR count). The lowest BCUT2D eigenvalue weighted by atomic mass is 9.89. The molecule has 206 valence electrons. The monoisotopic (exact) mass is 530 g/mol. The van der Waals surface area contributed by atoms with Crippen LogP contribution in [0.25, 0.3) is 11.2 Å². The number of rotatable bonds is 10. The highest BCUT2D eigenvalue weighted by Crippen LogP contribution is 2.90. The van der Waals surface area contributed by atoms with Crippen molar-refractivity contribution in [1.29, 1.82) is 0 Å². The summed E-state index contributed by atoms with van der Waals surface area (Å²) in [6, 6.07) is 0.0394.